The highest BCUT2D eigenvalue weighted by molar-refractivity contribution is 9.10. The molecule has 2 aromatic rings. The topological polar surface area (TPSA) is 34.4 Å². The molecule has 2 rings (SSSR count). The fraction of sp³-hybridized carbons (Fsp3) is 0.375. The second-order valence-electron chi connectivity index (χ2n) is 4.73. The molecule has 1 unspecified atom stereocenters. The fourth-order valence-electron chi connectivity index (χ4n) is 2.26. The first-order chi connectivity index (χ1) is 9.65. The average Bonchev–Trinajstić information content (AvgIpc) is 2.88. The third-order valence-corrected chi connectivity index (χ3v) is 3.71. The normalized spacial score (nSPS) is 12.6. The van der Waals surface area contributed by atoms with Gasteiger partial charge in [-0.2, -0.15) is 0 Å². The Morgan fingerprint density at radius 2 is 2.10 bits per heavy atom. The molecule has 1 aromatic carbocycles. The van der Waals surface area contributed by atoms with E-state index in [2.05, 4.69) is 53.3 Å². The summed E-state index contributed by atoms with van der Waals surface area (Å²) in [6.45, 7) is 5.58. The zero-order valence-electron chi connectivity index (χ0n) is 12.1. The zero-order chi connectivity index (χ0) is 14.5. The maximum absolute atomic E-state index is 5.89. The maximum Gasteiger partial charge on any atom is 0.129 e. The highest BCUT2D eigenvalue weighted by Crippen LogP contribution is 2.29. The molecule has 1 aromatic heterocycles. The zero-order valence-corrected chi connectivity index (χ0v) is 13.7. The number of hydrogen-bond donors (Lipinski definition) is 1. The van der Waals surface area contributed by atoms with Gasteiger partial charge < -0.3 is 14.5 Å². The van der Waals surface area contributed by atoms with E-state index in [9.17, 15) is 0 Å². The number of methoxy groups -OCH3 is 1. The first-order valence-corrected chi connectivity index (χ1v) is 7.52. The molecule has 1 heterocycles. The molecule has 20 heavy (non-hydrogen) atoms. The van der Waals surface area contributed by atoms with Crippen molar-refractivity contribution in [1.29, 1.82) is 0 Å². The molecule has 0 bridgehead atoms. The van der Waals surface area contributed by atoms with E-state index < -0.39 is 0 Å². The Balaban J connectivity index is 2.36. The number of rotatable bonds is 6. The highest BCUT2D eigenvalue weighted by atomic mass is 79.9. The summed E-state index contributed by atoms with van der Waals surface area (Å²) in [7, 11) is 1.67. The van der Waals surface area contributed by atoms with Crippen LogP contribution in [-0.2, 0) is 11.3 Å². The molecule has 0 spiro atoms. The lowest BCUT2D eigenvalue weighted by Crippen LogP contribution is -2.22. The van der Waals surface area contributed by atoms with Crippen LogP contribution in [0, 0.1) is 6.92 Å². The molecule has 1 N–H and O–H groups in total. The lowest BCUT2D eigenvalue weighted by Gasteiger charge is -2.18. The minimum absolute atomic E-state index is 0.0584. The summed E-state index contributed by atoms with van der Waals surface area (Å²) in [4.78, 5) is 0. The van der Waals surface area contributed by atoms with Gasteiger partial charge in [0.1, 0.15) is 18.1 Å². The molecule has 0 saturated carbocycles. The van der Waals surface area contributed by atoms with Gasteiger partial charge in [-0.15, -0.1) is 0 Å². The van der Waals surface area contributed by atoms with E-state index in [0.29, 0.717) is 6.61 Å². The monoisotopic (exact) mass is 337 g/mol. The van der Waals surface area contributed by atoms with E-state index in [1.165, 1.54) is 11.1 Å². The number of furan rings is 1. The number of nitrogens with one attached hydrogen (secondary N) is 1. The summed E-state index contributed by atoms with van der Waals surface area (Å²) in [6.07, 6.45) is 0. The van der Waals surface area contributed by atoms with E-state index in [1.54, 1.807) is 7.11 Å². The van der Waals surface area contributed by atoms with Crippen LogP contribution in [0.15, 0.2) is 39.2 Å². The van der Waals surface area contributed by atoms with Gasteiger partial charge in [0.25, 0.3) is 0 Å². The summed E-state index contributed by atoms with van der Waals surface area (Å²) < 4.78 is 12.1. The average molecular weight is 338 g/mol. The van der Waals surface area contributed by atoms with Crippen molar-refractivity contribution in [1.82, 2.24) is 5.32 Å². The van der Waals surface area contributed by atoms with Crippen LogP contribution in [0.4, 0.5) is 0 Å². The summed E-state index contributed by atoms with van der Waals surface area (Å²) in [5.74, 6) is 1.76. The van der Waals surface area contributed by atoms with Gasteiger partial charge >= 0.3 is 0 Å². The van der Waals surface area contributed by atoms with Crippen molar-refractivity contribution in [2.24, 2.45) is 0 Å². The van der Waals surface area contributed by atoms with E-state index in [1.807, 2.05) is 12.1 Å². The number of aryl methyl sites for hydroxylation is 1. The molecule has 0 radical (unpaired) electrons. The van der Waals surface area contributed by atoms with Crippen LogP contribution in [-0.4, -0.2) is 13.7 Å². The Morgan fingerprint density at radius 1 is 1.30 bits per heavy atom. The van der Waals surface area contributed by atoms with E-state index in [4.69, 9.17) is 9.15 Å². The summed E-state index contributed by atoms with van der Waals surface area (Å²) in [5, 5.41) is 3.48. The predicted octanol–water partition coefficient (Wildman–Crippen LogP) is 4.20. The molecule has 4 heteroatoms. The molecule has 108 valence electrons. The Morgan fingerprint density at radius 3 is 2.80 bits per heavy atom. The second-order valence-corrected chi connectivity index (χ2v) is 5.64. The third-order valence-electron chi connectivity index (χ3n) is 3.21. The molecule has 0 amide bonds. The number of ether oxygens (including phenoxy) is 1. The van der Waals surface area contributed by atoms with E-state index >= 15 is 0 Å². The van der Waals surface area contributed by atoms with Crippen molar-refractivity contribution < 1.29 is 9.15 Å². The van der Waals surface area contributed by atoms with Crippen LogP contribution < -0.4 is 5.32 Å². The lowest BCUT2D eigenvalue weighted by molar-refractivity contribution is 0.162. The first kappa shape index (κ1) is 15.3. The highest BCUT2D eigenvalue weighted by Gasteiger charge is 2.19. The van der Waals surface area contributed by atoms with Gasteiger partial charge in [-0.3, -0.25) is 0 Å². The molecule has 0 aliphatic carbocycles. The van der Waals surface area contributed by atoms with Crippen molar-refractivity contribution in [2.45, 2.75) is 26.5 Å². The van der Waals surface area contributed by atoms with E-state index in [0.717, 1.165) is 22.5 Å². The Labute approximate surface area is 128 Å². The van der Waals surface area contributed by atoms with Gasteiger partial charge in [-0.05, 0) is 48.9 Å². The summed E-state index contributed by atoms with van der Waals surface area (Å²) >= 11 is 3.54. The molecular weight excluding hydrogens is 318 g/mol. The van der Waals surface area contributed by atoms with Crippen LogP contribution in [0.25, 0.3) is 0 Å². The van der Waals surface area contributed by atoms with Crippen LogP contribution in [0.2, 0.25) is 0 Å². The standard InChI is InChI=1S/C16H20BrNO2/c1-4-18-16(14-9-12(17)6-5-11(14)2)15-8-7-13(20-15)10-19-3/h5-9,16,18H,4,10H2,1-3H3. The Hall–Kier alpha value is -1.10. The minimum Gasteiger partial charge on any atom is -0.462 e. The number of halogens is 1. The molecule has 0 aliphatic heterocycles. The van der Waals surface area contributed by atoms with Crippen LogP contribution >= 0.6 is 15.9 Å². The maximum atomic E-state index is 5.89. The summed E-state index contributed by atoms with van der Waals surface area (Å²) in [5.41, 5.74) is 2.46. The smallest absolute Gasteiger partial charge is 0.129 e. The summed E-state index contributed by atoms with van der Waals surface area (Å²) in [6, 6.07) is 10.4. The fourth-order valence-corrected chi connectivity index (χ4v) is 2.64. The van der Waals surface area contributed by atoms with Crippen molar-refractivity contribution in [3.8, 4) is 0 Å². The lowest BCUT2D eigenvalue weighted by atomic mass is 9.99. The van der Waals surface area contributed by atoms with Gasteiger partial charge in [0.05, 0.1) is 6.04 Å². The molecule has 1 atom stereocenters. The molecular formula is C16H20BrNO2. The molecule has 0 aliphatic rings. The Bertz CT molecular complexity index is 565. The van der Waals surface area contributed by atoms with E-state index in [-0.39, 0.29) is 6.04 Å². The van der Waals surface area contributed by atoms with Gasteiger partial charge in [-0.1, -0.05) is 28.9 Å². The molecule has 3 nitrogen and oxygen atoms in total. The second kappa shape index (κ2) is 7.07. The number of hydrogen-bond acceptors (Lipinski definition) is 3. The number of benzene rings is 1. The van der Waals surface area contributed by atoms with Crippen molar-refractivity contribution in [3.05, 3.63) is 57.5 Å². The quantitative estimate of drug-likeness (QED) is 0.857. The SMILES string of the molecule is CCNC(c1ccc(COC)o1)c1cc(Br)ccc1C. The van der Waals surface area contributed by atoms with Crippen molar-refractivity contribution in [2.75, 3.05) is 13.7 Å². The largest absolute Gasteiger partial charge is 0.462 e. The van der Waals surface area contributed by atoms with Crippen molar-refractivity contribution >= 4 is 15.9 Å². The van der Waals surface area contributed by atoms with Gasteiger partial charge in [-0.25, -0.2) is 0 Å². The molecule has 0 fully saturated rings. The van der Waals surface area contributed by atoms with Gasteiger partial charge in [0, 0.05) is 11.6 Å². The van der Waals surface area contributed by atoms with Crippen LogP contribution in [0.5, 0.6) is 0 Å². The first-order valence-electron chi connectivity index (χ1n) is 6.72. The Kier molecular flexibility index (Phi) is 5.40. The predicted molar refractivity (Wildman–Crippen MR) is 83.8 cm³/mol. The van der Waals surface area contributed by atoms with Crippen LogP contribution in [0.1, 0.15) is 35.6 Å². The molecule has 0 saturated heterocycles. The van der Waals surface area contributed by atoms with Crippen LogP contribution in [0.3, 0.4) is 0 Å². The van der Waals surface area contributed by atoms with Gasteiger partial charge in [0.2, 0.25) is 0 Å². The third kappa shape index (κ3) is 3.51. The van der Waals surface area contributed by atoms with Crippen molar-refractivity contribution in [3.63, 3.8) is 0 Å². The minimum atomic E-state index is 0.0584. The van der Waals surface area contributed by atoms with Gasteiger partial charge in [0.15, 0.2) is 0 Å².